The summed E-state index contributed by atoms with van der Waals surface area (Å²) >= 11 is 0. The van der Waals surface area contributed by atoms with E-state index in [1.165, 1.54) is 43.5 Å². The minimum Gasteiger partial charge on any atom is -0.370 e. The Morgan fingerprint density at radius 3 is 2.20 bits per heavy atom. The van der Waals surface area contributed by atoms with Crippen molar-refractivity contribution in [1.82, 2.24) is 0 Å². The van der Waals surface area contributed by atoms with Gasteiger partial charge in [-0.25, -0.2) is 4.99 Å². The van der Waals surface area contributed by atoms with Gasteiger partial charge in [0.25, 0.3) is 10.1 Å². The predicted molar refractivity (Wildman–Crippen MR) is 100 cm³/mol. The van der Waals surface area contributed by atoms with E-state index in [0.29, 0.717) is 5.69 Å². The number of aliphatic imine (C=N–C) groups is 2. The first-order valence-electron chi connectivity index (χ1n) is 8.28. The van der Waals surface area contributed by atoms with Gasteiger partial charge in [-0.3, -0.25) is 4.18 Å². The third-order valence-corrected chi connectivity index (χ3v) is 4.68. The van der Waals surface area contributed by atoms with Crippen LogP contribution in [0.15, 0.2) is 39.1 Å². The van der Waals surface area contributed by atoms with E-state index in [9.17, 15) is 8.42 Å². The molecule has 0 atom stereocenters. The van der Waals surface area contributed by atoms with Crippen molar-refractivity contribution in [2.75, 3.05) is 6.61 Å². The average Bonchev–Trinajstić information content (AvgIpc) is 2.53. The van der Waals surface area contributed by atoms with Crippen LogP contribution in [0.5, 0.6) is 0 Å². The minimum atomic E-state index is -3.77. The second-order valence-corrected chi connectivity index (χ2v) is 7.16. The molecule has 0 aromatic heterocycles. The van der Waals surface area contributed by atoms with Crippen molar-refractivity contribution in [2.24, 2.45) is 27.2 Å². The summed E-state index contributed by atoms with van der Waals surface area (Å²) in [6, 6.07) is 5.79. The van der Waals surface area contributed by atoms with Crippen LogP contribution in [0.1, 0.15) is 45.4 Å². The number of guanidine groups is 2. The van der Waals surface area contributed by atoms with Crippen LogP contribution in [-0.4, -0.2) is 26.9 Å². The molecule has 1 aromatic carbocycles. The maximum absolute atomic E-state index is 12.1. The van der Waals surface area contributed by atoms with Gasteiger partial charge in [-0.15, -0.1) is 0 Å². The van der Waals surface area contributed by atoms with Gasteiger partial charge in [0.1, 0.15) is 0 Å². The fraction of sp³-hybridized carbons (Fsp3) is 0.500. The Labute approximate surface area is 149 Å². The number of benzene rings is 1. The van der Waals surface area contributed by atoms with Crippen LogP contribution in [0, 0.1) is 0 Å². The molecule has 1 aromatic rings. The van der Waals surface area contributed by atoms with Gasteiger partial charge in [-0.05, 0) is 30.7 Å². The van der Waals surface area contributed by atoms with Crippen LogP contribution in [0.4, 0.5) is 5.69 Å². The molecule has 0 amide bonds. The highest BCUT2D eigenvalue weighted by Crippen LogP contribution is 2.18. The first kappa shape index (κ1) is 20.9. The smallest absolute Gasteiger partial charge is 0.296 e. The van der Waals surface area contributed by atoms with E-state index in [-0.39, 0.29) is 23.4 Å². The Morgan fingerprint density at radius 1 is 1.00 bits per heavy atom. The lowest BCUT2D eigenvalue weighted by atomic mass is 10.1. The molecule has 0 bridgehead atoms. The largest absolute Gasteiger partial charge is 0.370 e. The van der Waals surface area contributed by atoms with Crippen molar-refractivity contribution in [1.29, 1.82) is 0 Å². The molecule has 0 saturated carbocycles. The number of hydrogen-bond donors (Lipinski definition) is 3. The van der Waals surface area contributed by atoms with Crippen LogP contribution < -0.4 is 17.2 Å². The Morgan fingerprint density at radius 2 is 1.60 bits per heavy atom. The van der Waals surface area contributed by atoms with Gasteiger partial charge in [-0.1, -0.05) is 39.0 Å². The summed E-state index contributed by atoms with van der Waals surface area (Å²) in [6.45, 7) is 2.34. The van der Waals surface area contributed by atoms with E-state index in [1.54, 1.807) is 0 Å². The number of nitrogens with zero attached hydrogens (tertiary/aromatic N) is 2. The molecule has 0 unspecified atom stereocenters. The highest BCUT2D eigenvalue weighted by molar-refractivity contribution is 7.86. The van der Waals surface area contributed by atoms with Crippen LogP contribution in [0.2, 0.25) is 0 Å². The maximum Gasteiger partial charge on any atom is 0.296 e. The summed E-state index contributed by atoms with van der Waals surface area (Å²) in [5, 5.41) is 0. The first-order chi connectivity index (χ1) is 11.8. The van der Waals surface area contributed by atoms with Gasteiger partial charge in [0.2, 0.25) is 5.96 Å². The summed E-state index contributed by atoms with van der Waals surface area (Å²) < 4.78 is 29.3. The van der Waals surface area contributed by atoms with E-state index in [4.69, 9.17) is 21.4 Å². The summed E-state index contributed by atoms with van der Waals surface area (Å²) in [6.07, 6.45) is 6.35. The molecule has 25 heavy (non-hydrogen) atoms. The molecular formula is C16H27N5O3S. The van der Waals surface area contributed by atoms with Crippen LogP contribution in [0.25, 0.3) is 0 Å². The van der Waals surface area contributed by atoms with Gasteiger partial charge < -0.3 is 17.2 Å². The van der Waals surface area contributed by atoms with E-state index in [2.05, 4.69) is 16.9 Å². The molecule has 0 aliphatic rings. The summed E-state index contributed by atoms with van der Waals surface area (Å²) in [5.74, 6) is -0.321. The highest BCUT2D eigenvalue weighted by Gasteiger charge is 2.14. The zero-order chi connectivity index (χ0) is 18.7. The molecule has 0 radical (unpaired) electrons. The summed E-state index contributed by atoms with van der Waals surface area (Å²) in [4.78, 5) is 7.59. The van der Waals surface area contributed by atoms with Gasteiger partial charge in [0.05, 0.1) is 17.2 Å². The van der Waals surface area contributed by atoms with Gasteiger partial charge in [-0.2, -0.15) is 13.4 Å². The van der Waals surface area contributed by atoms with E-state index >= 15 is 0 Å². The van der Waals surface area contributed by atoms with Crippen molar-refractivity contribution >= 4 is 27.7 Å². The first-order valence-corrected chi connectivity index (χ1v) is 9.69. The maximum atomic E-state index is 12.1. The molecule has 140 valence electrons. The molecule has 0 aliphatic carbocycles. The van der Waals surface area contributed by atoms with Crippen molar-refractivity contribution in [3.63, 3.8) is 0 Å². The Bertz CT molecular complexity index is 680. The Kier molecular flexibility index (Phi) is 8.93. The molecule has 0 aliphatic heterocycles. The lowest BCUT2D eigenvalue weighted by Gasteiger charge is -2.06. The van der Waals surface area contributed by atoms with Gasteiger partial charge in [0, 0.05) is 0 Å². The summed E-state index contributed by atoms with van der Waals surface area (Å²) in [5.41, 5.74) is 16.3. The summed E-state index contributed by atoms with van der Waals surface area (Å²) in [7, 11) is -3.77. The average molecular weight is 369 g/mol. The van der Waals surface area contributed by atoms with Crippen molar-refractivity contribution in [3.8, 4) is 0 Å². The number of hydrogen-bond acceptors (Lipinski definition) is 4. The fourth-order valence-electron chi connectivity index (χ4n) is 2.10. The van der Waals surface area contributed by atoms with Crippen LogP contribution in [-0.2, 0) is 14.3 Å². The lowest BCUT2D eigenvalue weighted by molar-refractivity contribution is 0.306. The standard InChI is InChI=1S/C16H27N5O3S/c1-2-3-4-5-6-7-12-24-25(22,23)14-10-8-13(9-11-14)20-16(19)21-15(17)18/h8-11H,2-7,12H2,1H3,(H6,17,18,19,20,21). The highest BCUT2D eigenvalue weighted by atomic mass is 32.2. The van der Waals surface area contributed by atoms with E-state index in [1.807, 2.05) is 0 Å². The zero-order valence-corrected chi connectivity index (χ0v) is 15.3. The monoisotopic (exact) mass is 369 g/mol. The topological polar surface area (TPSA) is 146 Å². The van der Waals surface area contributed by atoms with Gasteiger partial charge >= 0.3 is 0 Å². The SMILES string of the molecule is CCCCCCCCOS(=O)(=O)c1ccc(N=C(N)N=C(N)N)cc1. The second-order valence-electron chi connectivity index (χ2n) is 5.54. The van der Waals surface area contributed by atoms with Crippen molar-refractivity contribution in [2.45, 2.75) is 50.3 Å². The molecule has 9 heteroatoms. The minimum absolute atomic E-state index is 0.0674. The van der Waals surface area contributed by atoms with Crippen LogP contribution >= 0.6 is 0 Å². The second kappa shape index (κ2) is 10.7. The third kappa shape index (κ3) is 8.50. The molecule has 1 rings (SSSR count). The van der Waals surface area contributed by atoms with Crippen molar-refractivity contribution in [3.05, 3.63) is 24.3 Å². The van der Waals surface area contributed by atoms with E-state index in [0.717, 1.165) is 19.3 Å². The molecule has 0 spiro atoms. The normalized spacial score (nSPS) is 12.1. The third-order valence-electron chi connectivity index (χ3n) is 3.35. The van der Waals surface area contributed by atoms with E-state index < -0.39 is 10.1 Å². The lowest BCUT2D eigenvalue weighted by Crippen LogP contribution is -2.26. The molecule has 0 fully saturated rings. The molecule has 8 nitrogen and oxygen atoms in total. The zero-order valence-electron chi connectivity index (χ0n) is 14.5. The number of rotatable bonds is 10. The van der Waals surface area contributed by atoms with Crippen molar-refractivity contribution < 1.29 is 12.6 Å². The Hall–Kier alpha value is -2.13. The molecule has 6 N–H and O–H groups in total. The fourth-order valence-corrected chi connectivity index (χ4v) is 3.04. The molecular weight excluding hydrogens is 342 g/mol. The predicted octanol–water partition coefficient (Wildman–Crippen LogP) is 1.97. The quantitative estimate of drug-likeness (QED) is 0.249. The van der Waals surface area contributed by atoms with Crippen LogP contribution in [0.3, 0.4) is 0 Å². The van der Waals surface area contributed by atoms with Gasteiger partial charge in [0.15, 0.2) is 5.96 Å². The number of unbranched alkanes of at least 4 members (excludes halogenated alkanes) is 5. The molecule has 0 saturated heterocycles. The Balaban J connectivity index is 2.55. The molecule has 0 heterocycles. The number of nitrogens with two attached hydrogens (primary N) is 3.